The Morgan fingerprint density at radius 1 is 1.45 bits per heavy atom. The number of hydrogen-bond donors (Lipinski definition) is 1. The van der Waals surface area contributed by atoms with Crippen molar-refractivity contribution < 1.29 is 4.79 Å². The molecule has 1 amide bonds. The van der Waals surface area contributed by atoms with Crippen molar-refractivity contribution in [3.8, 4) is 5.69 Å². The first-order valence-corrected chi connectivity index (χ1v) is 6.86. The van der Waals surface area contributed by atoms with E-state index < -0.39 is 0 Å². The summed E-state index contributed by atoms with van der Waals surface area (Å²) in [6.07, 6.45) is 5.33. The van der Waals surface area contributed by atoms with Gasteiger partial charge in [0, 0.05) is 49.3 Å². The zero-order valence-electron chi connectivity index (χ0n) is 11.5. The molecule has 20 heavy (non-hydrogen) atoms. The van der Waals surface area contributed by atoms with E-state index in [0.717, 1.165) is 30.9 Å². The van der Waals surface area contributed by atoms with E-state index in [1.54, 1.807) is 12.5 Å². The van der Waals surface area contributed by atoms with Crippen LogP contribution in [0.1, 0.15) is 17.3 Å². The van der Waals surface area contributed by atoms with Gasteiger partial charge in [-0.2, -0.15) is 0 Å². The molecule has 1 atom stereocenters. The molecule has 5 nitrogen and oxygen atoms in total. The Hall–Kier alpha value is -2.14. The van der Waals surface area contributed by atoms with Gasteiger partial charge in [0.2, 0.25) is 0 Å². The van der Waals surface area contributed by atoms with E-state index in [1.165, 1.54) is 0 Å². The highest BCUT2D eigenvalue weighted by molar-refractivity contribution is 5.95. The van der Waals surface area contributed by atoms with Gasteiger partial charge in [-0.3, -0.25) is 4.79 Å². The van der Waals surface area contributed by atoms with Crippen LogP contribution in [0, 0.1) is 0 Å². The van der Waals surface area contributed by atoms with Gasteiger partial charge in [-0.05, 0) is 25.1 Å². The number of amides is 1. The van der Waals surface area contributed by atoms with Crippen molar-refractivity contribution in [2.45, 2.75) is 13.0 Å². The van der Waals surface area contributed by atoms with E-state index in [4.69, 9.17) is 0 Å². The molecule has 1 saturated heterocycles. The number of benzene rings is 1. The highest BCUT2D eigenvalue weighted by atomic mass is 16.2. The number of rotatable bonds is 2. The molecule has 2 heterocycles. The monoisotopic (exact) mass is 270 g/mol. The van der Waals surface area contributed by atoms with Gasteiger partial charge in [0.1, 0.15) is 0 Å². The number of hydrogen-bond acceptors (Lipinski definition) is 3. The van der Waals surface area contributed by atoms with Crippen molar-refractivity contribution >= 4 is 5.91 Å². The van der Waals surface area contributed by atoms with E-state index in [-0.39, 0.29) is 11.9 Å². The standard InChI is InChI=1S/C15H18N4O/c1-12-10-16-6-8-19(12)15(20)13-3-2-4-14(9-13)18-7-5-17-11-18/h2-5,7,9,11-12,16H,6,8,10H2,1H3/t12-/m1/s1. The Bertz CT molecular complexity index is 594. The first-order valence-electron chi connectivity index (χ1n) is 6.86. The Morgan fingerprint density at radius 3 is 3.10 bits per heavy atom. The highest BCUT2D eigenvalue weighted by Crippen LogP contribution is 2.14. The smallest absolute Gasteiger partial charge is 0.254 e. The quantitative estimate of drug-likeness (QED) is 0.895. The second-order valence-electron chi connectivity index (χ2n) is 5.07. The summed E-state index contributed by atoms with van der Waals surface area (Å²) in [5.74, 6) is 0.0981. The zero-order chi connectivity index (χ0) is 13.9. The number of carbonyl (C=O) groups is 1. The van der Waals surface area contributed by atoms with Crippen molar-refractivity contribution in [2.24, 2.45) is 0 Å². The summed E-state index contributed by atoms with van der Waals surface area (Å²) in [6.45, 7) is 4.54. The summed E-state index contributed by atoms with van der Waals surface area (Å²) in [7, 11) is 0. The lowest BCUT2D eigenvalue weighted by molar-refractivity contribution is 0.0655. The van der Waals surface area contributed by atoms with Gasteiger partial charge >= 0.3 is 0 Å². The fraction of sp³-hybridized carbons (Fsp3) is 0.333. The molecule has 1 N–H and O–H groups in total. The average Bonchev–Trinajstić information content (AvgIpc) is 3.01. The summed E-state index contributed by atoms with van der Waals surface area (Å²) in [5, 5.41) is 3.30. The SMILES string of the molecule is C[C@@H]1CNCCN1C(=O)c1cccc(-n2ccnc2)c1. The molecule has 104 valence electrons. The molecule has 0 aliphatic carbocycles. The first-order chi connectivity index (χ1) is 9.75. The van der Waals surface area contributed by atoms with Crippen molar-refractivity contribution in [3.63, 3.8) is 0 Å². The minimum atomic E-state index is 0.0981. The molecular formula is C15H18N4O. The van der Waals surface area contributed by atoms with Gasteiger partial charge in [0.25, 0.3) is 5.91 Å². The molecule has 0 unspecified atom stereocenters. The lowest BCUT2D eigenvalue weighted by Crippen LogP contribution is -2.52. The summed E-state index contributed by atoms with van der Waals surface area (Å²) in [6, 6.07) is 7.90. The predicted octanol–water partition coefficient (Wildman–Crippen LogP) is 1.31. The third-order valence-corrected chi connectivity index (χ3v) is 3.66. The van der Waals surface area contributed by atoms with Gasteiger partial charge < -0.3 is 14.8 Å². The topological polar surface area (TPSA) is 50.2 Å². The third-order valence-electron chi connectivity index (χ3n) is 3.66. The molecule has 5 heteroatoms. The van der Waals surface area contributed by atoms with Crippen LogP contribution in [-0.4, -0.2) is 46.0 Å². The molecule has 0 bridgehead atoms. The summed E-state index contributed by atoms with van der Waals surface area (Å²) >= 11 is 0. The van der Waals surface area contributed by atoms with Crippen LogP contribution in [-0.2, 0) is 0 Å². The second-order valence-corrected chi connectivity index (χ2v) is 5.07. The van der Waals surface area contributed by atoms with Crippen molar-refractivity contribution in [2.75, 3.05) is 19.6 Å². The Kier molecular flexibility index (Phi) is 3.52. The average molecular weight is 270 g/mol. The first kappa shape index (κ1) is 12.9. The van der Waals surface area contributed by atoms with E-state index >= 15 is 0 Å². The Balaban J connectivity index is 1.86. The van der Waals surface area contributed by atoms with Gasteiger partial charge in [-0.25, -0.2) is 4.98 Å². The van der Waals surface area contributed by atoms with E-state index in [2.05, 4.69) is 17.2 Å². The number of imidazole rings is 1. The fourth-order valence-electron chi connectivity index (χ4n) is 2.52. The predicted molar refractivity (Wildman–Crippen MR) is 76.9 cm³/mol. The van der Waals surface area contributed by atoms with Crippen LogP contribution in [0.3, 0.4) is 0 Å². The van der Waals surface area contributed by atoms with Crippen LogP contribution < -0.4 is 5.32 Å². The van der Waals surface area contributed by atoms with Gasteiger partial charge in [0.15, 0.2) is 0 Å². The number of carbonyl (C=O) groups excluding carboxylic acids is 1. The summed E-state index contributed by atoms with van der Waals surface area (Å²) in [5.41, 5.74) is 1.68. The Morgan fingerprint density at radius 2 is 2.35 bits per heavy atom. The number of nitrogens with zero attached hydrogens (tertiary/aromatic N) is 3. The molecule has 1 aromatic carbocycles. The Labute approximate surface area is 118 Å². The van der Waals surface area contributed by atoms with Crippen LogP contribution in [0.5, 0.6) is 0 Å². The van der Waals surface area contributed by atoms with Gasteiger partial charge in [0.05, 0.1) is 6.33 Å². The van der Waals surface area contributed by atoms with Gasteiger partial charge in [-0.1, -0.05) is 6.07 Å². The van der Waals surface area contributed by atoms with Gasteiger partial charge in [-0.15, -0.1) is 0 Å². The molecule has 1 aliphatic heterocycles. The van der Waals surface area contributed by atoms with Crippen LogP contribution in [0.4, 0.5) is 0 Å². The summed E-state index contributed by atoms with van der Waals surface area (Å²) in [4.78, 5) is 18.6. The van der Waals surface area contributed by atoms with E-state index in [1.807, 2.05) is 39.9 Å². The molecule has 2 aromatic rings. The molecule has 1 aliphatic rings. The fourth-order valence-corrected chi connectivity index (χ4v) is 2.52. The molecule has 0 saturated carbocycles. The number of nitrogens with one attached hydrogen (secondary N) is 1. The number of piperazine rings is 1. The maximum atomic E-state index is 12.6. The van der Waals surface area contributed by atoms with Crippen molar-refractivity contribution in [1.82, 2.24) is 19.8 Å². The maximum absolute atomic E-state index is 12.6. The third kappa shape index (κ3) is 2.44. The summed E-state index contributed by atoms with van der Waals surface area (Å²) < 4.78 is 1.90. The largest absolute Gasteiger partial charge is 0.333 e. The maximum Gasteiger partial charge on any atom is 0.254 e. The molecular weight excluding hydrogens is 252 g/mol. The lowest BCUT2D eigenvalue weighted by atomic mass is 10.1. The minimum absolute atomic E-state index is 0.0981. The number of aromatic nitrogens is 2. The minimum Gasteiger partial charge on any atom is -0.333 e. The van der Waals surface area contributed by atoms with E-state index in [9.17, 15) is 4.79 Å². The molecule has 1 fully saturated rings. The molecule has 0 radical (unpaired) electrons. The van der Waals surface area contributed by atoms with Crippen LogP contribution in [0.2, 0.25) is 0 Å². The normalized spacial score (nSPS) is 19.1. The molecule has 0 spiro atoms. The molecule has 3 rings (SSSR count). The van der Waals surface area contributed by atoms with Crippen molar-refractivity contribution in [1.29, 1.82) is 0 Å². The van der Waals surface area contributed by atoms with Crippen molar-refractivity contribution in [3.05, 3.63) is 48.5 Å². The van der Waals surface area contributed by atoms with Crippen LogP contribution in [0.25, 0.3) is 5.69 Å². The second kappa shape index (κ2) is 5.46. The van der Waals surface area contributed by atoms with E-state index in [0.29, 0.717) is 0 Å². The van der Waals surface area contributed by atoms with Crippen LogP contribution >= 0.6 is 0 Å². The lowest BCUT2D eigenvalue weighted by Gasteiger charge is -2.34. The van der Waals surface area contributed by atoms with Crippen LogP contribution in [0.15, 0.2) is 43.0 Å². The highest BCUT2D eigenvalue weighted by Gasteiger charge is 2.24. The zero-order valence-corrected chi connectivity index (χ0v) is 11.5. The molecule has 1 aromatic heterocycles.